The Bertz CT molecular complexity index is 963. The van der Waals surface area contributed by atoms with Crippen LogP contribution >= 0.6 is 0 Å². The van der Waals surface area contributed by atoms with E-state index in [1.165, 1.54) is 19.1 Å². The van der Waals surface area contributed by atoms with E-state index in [4.69, 9.17) is 9.26 Å². The SMILES string of the molecule is CC(=O)Nc1ccc(C(=O)OCc2noc(-c3ccc(F)cc3)c2C)cc1. The number of carbonyl (C=O) groups excluding carboxylic acids is 2. The molecule has 0 saturated heterocycles. The molecule has 138 valence electrons. The summed E-state index contributed by atoms with van der Waals surface area (Å²) >= 11 is 0. The Morgan fingerprint density at radius 2 is 1.78 bits per heavy atom. The summed E-state index contributed by atoms with van der Waals surface area (Å²) in [6, 6.07) is 12.2. The maximum Gasteiger partial charge on any atom is 0.338 e. The van der Waals surface area contributed by atoms with Crippen molar-refractivity contribution in [1.29, 1.82) is 0 Å². The fourth-order valence-corrected chi connectivity index (χ4v) is 2.48. The van der Waals surface area contributed by atoms with Gasteiger partial charge in [-0.25, -0.2) is 9.18 Å². The summed E-state index contributed by atoms with van der Waals surface area (Å²) < 4.78 is 23.6. The zero-order chi connectivity index (χ0) is 19.4. The number of carbonyl (C=O) groups is 2. The van der Waals surface area contributed by atoms with Crippen molar-refractivity contribution in [3.8, 4) is 11.3 Å². The second-order valence-electron chi connectivity index (χ2n) is 5.92. The number of hydrogen-bond acceptors (Lipinski definition) is 5. The second-order valence-corrected chi connectivity index (χ2v) is 5.92. The van der Waals surface area contributed by atoms with Gasteiger partial charge in [-0.2, -0.15) is 0 Å². The number of ether oxygens (including phenoxy) is 1. The second kappa shape index (κ2) is 7.82. The van der Waals surface area contributed by atoms with Crippen LogP contribution in [0.3, 0.4) is 0 Å². The van der Waals surface area contributed by atoms with E-state index in [0.717, 1.165) is 5.56 Å². The van der Waals surface area contributed by atoms with E-state index < -0.39 is 5.97 Å². The molecule has 6 nitrogen and oxygen atoms in total. The van der Waals surface area contributed by atoms with E-state index >= 15 is 0 Å². The zero-order valence-electron chi connectivity index (χ0n) is 14.8. The Balaban J connectivity index is 1.65. The summed E-state index contributed by atoms with van der Waals surface area (Å²) in [5.41, 5.74) is 2.83. The van der Waals surface area contributed by atoms with E-state index in [0.29, 0.717) is 28.3 Å². The highest BCUT2D eigenvalue weighted by atomic mass is 19.1. The number of esters is 1. The molecule has 0 saturated carbocycles. The number of nitrogens with one attached hydrogen (secondary N) is 1. The molecule has 0 aliphatic rings. The predicted octanol–water partition coefficient (Wildman–Crippen LogP) is 4.10. The van der Waals surface area contributed by atoms with Crippen LogP contribution in [0.25, 0.3) is 11.3 Å². The molecule has 0 bridgehead atoms. The van der Waals surface area contributed by atoms with Crippen molar-refractivity contribution in [3.05, 3.63) is 71.2 Å². The average Bonchev–Trinajstić information content (AvgIpc) is 3.01. The molecule has 7 heteroatoms. The summed E-state index contributed by atoms with van der Waals surface area (Å²) in [6.45, 7) is 3.14. The largest absolute Gasteiger partial charge is 0.455 e. The van der Waals surface area contributed by atoms with Crippen LogP contribution < -0.4 is 5.32 Å². The molecule has 0 radical (unpaired) electrons. The predicted molar refractivity (Wildman–Crippen MR) is 96.5 cm³/mol. The van der Waals surface area contributed by atoms with E-state index in [2.05, 4.69) is 10.5 Å². The number of halogens is 1. The van der Waals surface area contributed by atoms with E-state index in [1.54, 1.807) is 43.3 Å². The van der Waals surface area contributed by atoms with Gasteiger partial charge in [-0.05, 0) is 55.5 Å². The van der Waals surface area contributed by atoms with Crippen LogP contribution in [0.15, 0.2) is 53.1 Å². The third kappa shape index (κ3) is 4.38. The molecule has 27 heavy (non-hydrogen) atoms. The van der Waals surface area contributed by atoms with Gasteiger partial charge in [0.15, 0.2) is 5.76 Å². The van der Waals surface area contributed by atoms with Gasteiger partial charge < -0.3 is 14.6 Å². The Morgan fingerprint density at radius 1 is 1.11 bits per heavy atom. The lowest BCUT2D eigenvalue weighted by atomic mass is 10.1. The lowest BCUT2D eigenvalue weighted by Gasteiger charge is -2.05. The molecular weight excluding hydrogens is 351 g/mol. The molecule has 3 aromatic rings. The molecule has 1 aromatic heterocycles. The smallest absolute Gasteiger partial charge is 0.338 e. The van der Waals surface area contributed by atoms with Gasteiger partial charge in [0.05, 0.1) is 5.56 Å². The molecule has 0 atom stereocenters. The Hall–Kier alpha value is -3.48. The molecular formula is C20H17FN2O4. The first-order valence-electron chi connectivity index (χ1n) is 8.20. The van der Waals surface area contributed by atoms with Gasteiger partial charge in [0.25, 0.3) is 0 Å². The van der Waals surface area contributed by atoms with Crippen molar-refractivity contribution >= 4 is 17.6 Å². The summed E-state index contributed by atoms with van der Waals surface area (Å²) in [6.07, 6.45) is 0. The fraction of sp³-hybridized carbons (Fsp3) is 0.150. The third-order valence-electron chi connectivity index (χ3n) is 3.91. The molecule has 0 spiro atoms. The van der Waals surface area contributed by atoms with Crippen LogP contribution in [0.2, 0.25) is 0 Å². The number of hydrogen-bond donors (Lipinski definition) is 1. The highest BCUT2D eigenvalue weighted by Gasteiger charge is 2.16. The van der Waals surface area contributed by atoms with Crippen LogP contribution in [0.4, 0.5) is 10.1 Å². The summed E-state index contributed by atoms with van der Waals surface area (Å²) in [5.74, 6) is -0.547. The van der Waals surface area contributed by atoms with Gasteiger partial charge in [0, 0.05) is 23.7 Å². The van der Waals surface area contributed by atoms with Crippen LogP contribution in [-0.2, 0) is 16.1 Å². The topological polar surface area (TPSA) is 81.4 Å². The fourth-order valence-electron chi connectivity index (χ4n) is 2.48. The molecule has 0 aliphatic carbocycles. The lowest BCUT2D eigenvalue weighted by molar-refractivity contribution is -0.114. The standard InChI is InChI=1S/C20H17FN2O4/c1-12-18(23-27-19(12)14-3-7-16(21)8-4-14)11-26-20(25)15-5-9-17(10-6-15)22-13(2)24/h3-10H,11H2,1-2H3,(H,22,24). The first kappa shape index (κ1) is 18.3. The molecule has 0 unspecified atom stereocenters. The number of benzene rings is 2. The molecule has 1 amide bonds. The van der Waals surface area contributed by atoms with Crippen molar-refractivity contribution < 1.29 is 23.2 Å². The summed E-state index contributed by atoms with van der Waals surface area (Å²) in [4.78, 5) is 23.2. The van der Waals surface area contributed by atoms with E-state index in [9.17, 15) is 14.0 Å². The number of amides is 1. The van der Waals surface area contributed by atoms with Gasteiger partial charge in [-0.1, -0.05) is 5.16 Å². The van der Waals surface area contributed by atoms with Gasteiger partial charge in [0.1, 0.15) is 18.1 Å². The van der Waals surface area contributed by atoms with Crippen molar-refractivity contribution in [3.63, 3.8) is 0 Å². The minimum absolute atomic E-state index is 0.0528. The van der Waals surface area contributed by atoms with Gasteiger partial charge in [-0.15, -0.1) is 0 Å². The lowest BCUT2D eigenvalue weighted by Crippen LogP contribution is -2.08. The minimum Gasteiger partial charge on any atom is -0.455 e. The minimum atomic E-state index is -0.518. The van der Waals surface area contributed by atoms with Gasteiger partial charge in [-0.3, -0.25) is 4.79 Å². The summed E-state index contributed by atoms with van der Waals surface area (Å²) in [5, 5.41) is 6.55. The monoisotopic (exact) mass is 368 g/mol. The van der Waals surface area contributed by atoms with Crippen molar-refractivity contribution in [2.24, 2.45) is 0 Å². The number of rotatable bonds is 5. The molecule has 3 rings (SSSR count). The quantitative estimate of drug-likeness (QED) is 0.686. The van der Waals surface area contributed by atoms with Crippen molar-refractivity contribution in [2.75, 3.05) is 5.32 Å². The molecule has 0 fully saturated rings. The molecule has 1 heterocycles. The number of nitrogens with zero attached hydrogens (tertiary/aromatic N) is 1. The van der Waals surface area contributed by atoms with Crippen LogP contribution in [-0.4, -0.2) is 17.0 Å². The highest BCUT2D eigenvalue weighted by molar-refractivity contribution is 5.92. The van der Waals surface area contributed by atoms with E-state index in [1.807, 2.05) is 0 Å². The first-order chi connectivity index (χ1) is 12.9. The molecule has 1 N–H and O–H groups in total. The Labute approximate surface area is 154 Å². The molecule has 0 aliphatic heterocycles. The third-order valence-corrected chi connectivity index (χ3v) is 3.91. The maximum atomic E-state index is 13.0. The average molecular weight is 368 g/mol. The zero-order valence-corrected chi connectivity index (χ0v) is 14.8. The first-order valence-corrected chi connectivity index (χ1v) is 8.20. The Morgan fingerprint density at radius 3 is 2.41 bits per heavy atom. The number of anilines is 1. The maximum absolute atomic E-state index is 13.0. The highest BCUT2D eigenvalue weighted by Crippen LogP contribution is 2.26. The van der Waals surface area contributed by atoms with Crippen molar-refractivity contribution in [2.45, 2.75) is 20.5 Å². The van der Waals surface area contributed by atoms with Crippen molar-refractivity contribution in [1.82, 2.24) is 5.16 Å². The van der Waals surface area contributed by atoms with Crippen LogP contribution in [0.1, 0.15) is 28.5 Å². The normalized spacial score (nSPS) is 10.5. The molecule has 2 aromatic carbocycles. The Kier molecular flexibility index (Phi) is 5.30. The summed E-state index contributed by atoms with van der Waals surface area (Å²) in [7, 11) is 0. The van der Waals surface area contributed by atoms with Gasteiger partial charge in [0.2, 0.25) is 5.91 Å². The number of aromatic nitrogens is 1. The van der Waals surface area contributed by atoms with Gasteiger partial charge >= 0.3 is 5.97 Å². The van der Waals surface area contributed by atoms with E-state index in [-0.39, 0.29) is 18.3 Å². The van der Waals surface area contributed by atoms with Crippen LogP contribution in [0.5, 0.6) is 0 Å². The van der Waals surface area contributed by atoms with Crippen LogP contribution in [0, 0.1) is 12.7 Å².